The summed E-state index contributed by atoms with van der Waals surface area (Å²) in [5, 5.41) is 40.4. The predicted octanol–water partition coefficient (Wildman–Crippen LogP) is 2.57. The molecule has 148 valence electrons. The van der Waals surface area contributed by atoms with Gasteiger partial charge in [-0.25, -0.2) is 0 Å². The number of phenols is 2. The summed E-state index contributed by atoms with van der Waals surface area (Å²) in [5.41, 5.74) is -0.651. The van der Waals surface area contributed by atoms with Crippen molar-refractivity contribution in [1.29, 1.82) is 0 Å². The molecule has 28 heavy (non-hydrogen) atoms. The average molecular weight is 386 g/mol. The van der Waals surface area contributed by atoms with E-state index in [1.54, 1.807) is 18.2 Å². The van der Waals surface area contributed by atoms with E-state index in [9.17, 15) is 25.2 Å². The first-order valence-corrected chi connectivity index (χ1v) is 8.66. The summed E-state index contributed by atoms with van der Waals surface area (Å²) in [4.78, 5) is 12.9. The first-order valence-electron chi connectivity index (χ1n) is 8.66. The van der Waals surface area contributed by atoms with Crippen molar-refractivity contribution in [2.75, 3.05) is 7.11 Å². The Bertz CT molecular complexity index is 923. The topological polar surface area (TPSA) is 116 Å². The number of ether oxygens (including phenoxy) is 2. The zero-order chi connectivity index (χ0) is 20.6. The average Bonchev–Trinajstić information content (AvgIpc) is 2.99. The quantitative estimate of drug-likeness (QED) is 0.461. The van der Waals surface area contributed by atoms with Crippen molar-refractivity contribution in [1.82, 2.24) is 0 Å². The molecule has 7 heteroatoms. The molecule has 0 spiro atoms. The van der Waals surface area contributed by atoms with Gasteiger partial charge < -0.3 is 29.9 Å². The minimum atomic E-state index is -1.42. The van der Waals surface area contributed by atoms with Gasteiger partial charge in [-0.15, -0.1) is 0 Å². The Balaban J connectivity index is 2.04. The molecule has 1 aliphatic rings. The van der Waals surface area contributed by atoms with E-state index in [0.717, 1.165) is 0 Å². The third kappa shape index (κ3) is 3.54. The Morgan fingerprint density at radius 1 is 1.21 bits per heavy atom. The molecule has 0 bridgehead atoms. The van der Waals surface area contributed by atoms with Crippen LogP contribution in [0.25, 0.3) is 6.08 Å². The van der Waals surface area contributed by atoms with Gasteiger partial charge in [0.2, 0.25) is 0 Å². The Kier molecular flexibility index (Phi) is 5.06. The number of methoxy groups -OCH3 is 1. The summed E-state index contributed by atoms with van der Waals surface area (Å²) in [7, 11) is 1.35. The molecule has 2 atom stereocenters. The normalized spacial score (nSPS) is 18.8. The van der Waals surface area contributed by atoms with E-state index in [0.29, 0.717) is 5.56 Å². The van der Waals surface area contributed by atoms with Gasteiger partial charge in [-0.1, -0.05) is 18.2 Å². The molecule has 0 saturated carbocycles. The van der Waals surface area contributed by atoms with Gasteiger partial charge in [-0.3, -0.25) is 4.79 Å². The number of ketones is 1. The van der Waals surface area contributed by atoms with E-state index < -0.39 is 23.6 Å². The molecule has 0 saturated heterocycles. The lowest BCUT2D eigenvalue weighted by Gasteiger charge is -2.27. The SMILES string of the molecule is COc1cc(O)c2c(c1C(=O)/C=C/c1ccc(O)cc1)O[C@H](C(C)(C)O)[C@H]2O. The number of hydrogen-bond acceptors (Lipinski definition) is 7. The molecule has 0 aliphatic carbocycles. The molecular weight excluding hydrogens is 364 g/mol. The first kappa shape index (κ1) is 19.7. The Morgan fingerprint density at radius 3 is 2.43 bits per heavy atom. The Labute approximate surface area is 162 Å². The number of rotatable bonds is 5. The van der Waals surface area contributed by atoms with Crippen molar-refractivity contribution in [2.45, 2.75) is 31.7 Å². The fourth-order valence-electron chi connectivity index (χ4n) is 3.15. The van der Waals surface area contributed by atoms with Gasteiger partial charge in [-0.2, -0.15) is 0 Å². The van der Waals surface area contributed by atoms with Crippen LogP contribution in [0, 0.1) is 0 Å². The van der Waals surface area contributed by atoms with Gasteiger partial charge in [0, 0.05) is 6.07 Å². The van der Waals surface area contributed by atoms with Crippen LogP contribution < -0.4 is 9.47 Å². The largest absolute Gasteiger partial charge is 0.508 e. The highest BCUT2D eigenvalue weighted by Gasteiger charge is 2.46. The number of aliphatic hydroxyl groups excluding tert-OH is 1. The van der Waals surface area contributed by atoms with Gasteiger partial charge in [0.1, 0.15) is 34.7 Å². The second-order valence-corrected chi connectivity index (χ2v) is 7.14. The van der Waals surface area contributed by atoms with Gasteiger partial charge in [0.25, 0.3) is 0 Å². The first-order chi connectivity index (χ1) is 13.1. The predicted molar refractivity (Wildman–Crippen MR) is 102 cm³/mol. The Hall–Kier alpha value is -3.03. The molecule has 0 unspecified atom stereocenters. The number of allylic oxidation sites excluding steroid dienone is 1. The highest BCUT2D eigenvalue weighted by atomic mass is 16.5. The fourth-order valence-corrected chi connectivity index (χ4v) is 3.15. The highest BCUT2D eigenvalue weighted by Crippen LogP contribution is 2.50. The second-order valence-electron chi connectivity index (χ2n) is 7.14. The Morgan fingerprint density at radius 2 is 1.86 bits per heavy atom. The lowest BCUT2D eigenvalue weighted by Crippen LogP contribution is -2.41. The van der Waals surface area contributed by atoms with Crippen molar-refractivity contribution < 1.29 is 34.7 Å². The monoisotopic (exact) mass is 386 g/mol. The van der Waals surface area contributed by atoms with Crippen LogP contribution in [0.15, 0.2) is 36.4 Å². The van der Waals surface area contributed by atoms with Crippen LogP contribution in [0.5, 0.6) is 23.0 Å². The molecule has 4 N–H and O–H groups in total. The van der Waals surface area contributed by atoms with E-state index in [2.05, 4.69) is 0 Å². The summed E-state index contributed by atoms with van der Waals surface area (Å²) in [6, 6.07) is 7.51. The number of carbonyl (C=O) groups is 1. The molecule has 2 aromatic carbocycles. The lowest BCUT2D eigenvalue weighted by molar-refractivity contribution is -0.0765. The lowest BCUT2D eigenvalue weighted by atomic mass is 9.93. The summed E-state index contributed by atoms with van der Waals surface area (Å²) in [5.74, 6) is -0.575. The molecule has 0 radical (unpaired) electrons. The third-order valence-electron chi connectivity index (χ3n) is 4.57. The van der Waals surface area contributed by atoms with Gasteiger partial charge in [0.15, 0.2) is 11.9 Å². The summed E-state index contributed by atoms with van der Waals surface area (Å²) >= 11 is 0. The van der Waals surface area contributed by atoms with Crippen LogP contribution in [0.2, 0.25) is 0 Å². The maximum atomic E-state index is 12.9. The highest BCUT2D eigenvalue weighted by molar-refractivity contribution is 6.11. The van der Waals surface area contributed by atoms with E-state index in [1.165, 1.54) is 45.2 Å². The van der Waals surface area contributed by atoms with Crippen molar-refractivity contribution in [3.63, 3.8) is 0 Å². The molecular formula is C21H22O7. The van der Waals surface area contributed by atoms with E-state index >= 15 is 0 Å². The molecule has 0 fully saturated rings. The van der Waals surface area contributed by atoms with Crippen LogP contribution in [-0.4, -0.2) is 45.0 Å². The molecule has 1 aliphatic heterocycles. The van der Waals surface area contributed by atoms with Crippen molar-refractivity contribution >= 4 is 11.9 Å². The standard InChI is InChI=1S/C21H22O7/c1-21(2,26)20-18(25)17-14(24)10-15(27-3)16(19(17)28-20)13(23)9-6-11-4-7-12(22)8-5-11/h4-10,18,20,22,24-26H,1-3H3/b9-6+/t18-,20-/m0/s1. The minimum absolute atomic E-state index is 0.0168. The number of aliphatic hydroxyl groups is 2. The summed E-state index contributed by atoms with van der Waals surface area (Å²) in [6.45, 7) is 2.93. The third-order valence-corrected chi connectivity index (χ3v) is 4.57. The van der Waals surface area contributed by atoms with Gasteiger partial charge in [-0.05, 0) is 37.6 Å². The van der Waals surface area contributed by atoms with Gasteiger partial charge in [0.05, 0.1) is 18.3 Å². The minimum Gasteiger partial charge on any atom is -0.508 e. The number of carbonyl (C=O) groups excluding carboxylic acids is 1. The summed E-state index contributed by atoms with van der Waals surface area (Å²) < 4.78 is 10.9. The van der Waals surface area contributed by atoms with E-state index in [-0.39, 0.29) is 34.1 Å². The number of fused-ring (bicyclic) bond motifs is 1. The van der Waals surface area contributed by atoms with Crippen molar-refractivity contribution in [3.8, 4) is 23.0 Å². The van der Waals surface area contributed by atoms with Crippen LogP contribution in [0.1, 0.15) is 41.4 Å². The van der Waals surface area contributed by atoms with Gasteiger partial charge >= 0.3 is 0 Å². The van der Waals surface area contributed by atoms with Crippen LogP contribution >= 0.6 is 0 Å². The number of hydrogen-bond donors (Lipinski definition) is 4. The molecule has 1 heterocycles. The fraction of sp³-hybridized carbons (Fsp3) is 0.286. The maximum absolute atomic E-state index is 12.9. The van der Waals surface area contributed by atoms with Crippen molar-refractivity contribution in [3.05, 3.63) is 53.1 Å². The zero-order valence-electron chi connectivity index (χ0n) is 15.7. The summed E-state index contributed by atoms with van der Waals surface area (Å²) in [6.07, 6.45) is 0.482. The second kappa shape index (κ2) is 7.18. The maximum Gasteiger partial charge on any atom is 0.193 e. The zero-order valence-corrected chi connectivity index (χ0v) is 15.7. The molecule has 2 aromatic rings. The van der Waals surface area contributed by atoms with Crippen molar-refractivity contribution in [2.24, 2.45) is 0 Å². The van der Waals surface area contributed by atoms with Crippen LogP contribution in [-0.2, 0) is 0 Å². The molecule has 3 rings (SSSR count). The van der Waals surface area contributed by atoms with Crippen LogP contribution in [0.3, 0.4) is 0 Å². The molecule has 0 aromatic heterocycles. The number of benzene rings is 2. The number of phenolic OH excluding ortho intramolecular Hbond substituents is 2. The molecule has 7 nitrogen and oxygen atoms in total. The van der Waals surface area contributed by atoms with E-state index in [4.69, 9.17) is 9.47 Å². The van der Waals surface area contributed by atoms with Crippen LogP contribution in [0.4, 0.5) is 0 Å². The van der Waals surface area contributed by atoms with E-state index in [1.807, 2.05) is 0 Å². The smallest absolute Gasteiger partial charge is 0.193 e. The molecule has 0 amide bonds. The number of aromatic hydroxyl groups is 2.